The fourth-order valence-electron chi connectivity index (χ4n) is 3.06. The average Bonchev–Trinajstić information content (AvgIpc) is 3.43. The van der Waals surface area contributed by atoms with Crippen molar-refractivity contribution < 1.29 is 9.53 Å². The third-order valence-corrected chi connectivity index (χ3v) is 4.61. The molecule has 0 spiro atoms. The van der Waals surface area contributed by atoms with Crippen LogP contribution in [0.2, 0.25) is 0 Å². The van der Waals surface area contributed by atoms with Crippen LogP contribution in [0.15, 0.2) is 16.6 Å². The first kappa shape index (κ1) is 18.6. The van der Waals surface area contributed by atoms with E-state index in [0.717, 1.165) is 18.9 Å². The van der Waals surface area contributed by atoms with Crippen LogP contribution in [0.25, 0.3) is 0 Å². The molecular formula is C18H32N4O2. The highest BCUT2D eigenvalue weighted by atomic mass is 16.5. The standard InChI is InChI=1S/C18H32N4O2/c1-3-24-18(23)22-16(15-9-10-15)13-21-17(19-2)20-12-11-14-7-5-4-6-8-14/h7,15-16H,3-6,8-13H2,1-2H3,(H,22,23)(H2,19,20,21). The lowest BCUT2D eigenvalue weighted by molar-refractivity contribution is 0.146. The van der Waals surface area contributed by atoms with E-state index in [4.69, 9.17) is 4.74 Å². The summed E-state index contributed by atoms with van der Waals surface area (Å²) in [6.45, 7) is 3.78. The predicted octanol–water partition coefficient (Wildman–Crippen LogP) is 2.57. The van der Waals surface area contributed by atoms with E-state index in [1.807, 2.05) is 6.92 Å². The maximum atomic E-state index is 11.6. The number of carbonyl (C=O) groups is 1. The molecule has 0 radical (unpaired) electrons. The lowest BCUT2D eigenvalue weighted by Crippen LogP contribution is -2.48. The van der Waals surface area contributed by atoms with Gasteiger partial charge in [-0.25, -0.2) is 4.79 Å². The molecule has 0 heterocycles. The largest absolute Gasteiger partial charge is 0.450 e. The molecule has 0 aromatic heterocycles. The first-order chi connectivity index (χ1) is 11.7. The van der Waals surface area contributed by atoms with Gasteiger partial charge in [0.15, 0.2) is 5.96 Å². The topological polar surface area (TPSA) is 74.8 Å². The van der Waals surface area contributed by atoms with Gasteiger partial charge in [0, 0.05) is 20.1 Å². The number of alkyl carbamates (subject to hydrolysis) is 1. The summed E-state index contributed by atoms with van der Waals surface area (Å²) >= 11 is 0. The lowest BCUT2D eigenvalue weighted by atomic mass is 9.97. The molecule has 1 atom stereocenters. The number of ether oxygens (including phenoxy) is 1. The zero-order valence-electron chi connectivity index (χ0n) is 15.1. The molecule has 136 valence electrons. The normalized spacial score (nSPS) is 19.2. The maximum Gasteiger partial charge on any atom is 0.407 e. The van der Waals surface area contributed by atoms with E-state index in [1.165, 1.54) is 38.5 Å². The van der Waals surface area contributed by atoms with Gasteiger partial charge in [0.1, 0.15) is 0 Å². The number of carbonyl (C=O) groups excluding carboxylic acids is 1. The molecule has 0 saturated heterocycles. The van der Waals surface area contributed by atoms with Gasteiger partial charge < -0.3 is 20.7 Å². The van der Waals surface area contributed by atoms with Crippen molar-refractivity contribution in [1.82, 2.24) is 16.0 Å². The second-order valence-electron chi connectivity index (χ2n) is 6.55. The molecule has 3 N–H and O–H groups in total. The highest BCUT2D eigenvalue weighted by Gasteiger charge is 2.32. The van der Waals surface area contributed by atoms with Crippen LogP contribution in [0, 0.1) is 5.92 Å². The minimum atomic E-state index is -0.330. The summed E-state index contributed by atoms with van der Waals surface area (Å²) in [5.41, 5.74) is 1.56. The van der Waals surface area contributed by atoms with Crippen molar-refractivity contribution in [3.63, 3.8) is 0 Å². The zero-order valence-corrected chi connectivity index (χ0v) is 15.1. The predicted molar refractivity (Wildman–Crippen MR) is 97.2 cm³/mol. The summed E-state index contributed by atoms with van der Waals surface area (Å²) < 4.78 is 4.99. The van der Waals surface area contributed by atoms with Crippen molar-refractivity contribution in [2.24, 2.45) is 10.9 Å². The monoisotopic (exact) mass is 336 g/mol. The summed E-state index contributed by atoms with van der Waals surface area (Å²) in [5, 5.41) is 9.64. The Labute approximate surface area is 145 Å². The van der Waals surface area contributed by atoms with E-state index in [2.05, 4.69) is 27.0 Å². The quantitative estimate of drug-likeness (QED) is 0.362. The fourth-order valence-corrected chi connectivity index (χ4v) is 3.06. The van der Waals surface area contributed by atoms with E-state index in [-0.39, 0.29) is 12.1 Å². The molecule has 2 aliphatic carbocycles. The molecule has 1 amide bonds. The number of rotatable bonds is 8. The SMILES string of the molecule is CCOC(=O)NC(CNC(=NC)NCCC1=CCCCC1)C1CC1. The number of aliphatic imine (C=N–C) groups is 1. The van der Waals surface area contributed by atoms with Crippen LogP contribution in [-0.4, -0.2) is 44.8 Å². The number of guanidine groups is 1. The Morgan fingerprint density at radius 2 is 2.21 bits per heavy atom. The fraction of sp³-hybridized carbons (Fsp3) is 0.778. The van der Waals surface area contributed by atoms with Gasteiger partial charge in [-0.2, -0.15) is 0 Å². The van der Waals surface area contributed by atoms with Crippen LogP contribution < -0.4 is 16.0 Å². The van der Waals surface area contributed by atoms with Gasteiger partial charge >= 0.3 is 6.09 Å². The van der Waals surface area contributed by atoms with Gasteiger partial charge in [0.05, 0.1) is 12.6 Å². The van der Waals surface area contributed by atoms with Crippen LogP contribution in [0.3, 0.4) is 0 Å². The van der Waals surface area contributed by atoms with E-state index in [0.29, 0.717) is 19.1 Å². The van der Waals surface area contributed by atoms with Gasteiger partial charge in [0.2, 0.25) is 0 Å². The van der Waals surface area contributed by atoms with Gasteiger partial charge in [-0.3, -0.25) is 4.99 Å². The Hall–Kier alpha value is -1.72. The first-order valence-electron chi connectivity index (χ1n) is 9.28. The highest BCUT2D eigenvalue weighted by molar-refractivity contribution is 5.79. The zero-order chi connectivity index (χ0) is 17.2. The van der Waals surface area contributed by atoms with Crippen LogP contribution in [0.4, 0.5) is 4.79 Å². The van der Waals surface area contributed by atoms with Crippen LogP contribution in [0.5, 0.6) is 0 Å². The van der Waals surface area contributed by atoms with E-state index in [1.54, 1.807) is 12.6 Å². The Morgan fingerprint density at radius 1 is 1.38 bits per heavy atom. The molecule has 6 heteroatoms. The molecule has 0 aliphatic heterocycles. The van der Waals surface area contributed by atoms with Gasteiger partial charge in [-0.05, 0) is 57.8 Å². The van der Waals surface area contributed by atoms with Gasteiger partial charge in [0.25, 0.3) is 0 Å². The first-order valence-corrected chi connectivity index (χ1v) is 9.28. The molecule has 1 saturated carbocycles. The van der Waals surface area contributed by atoms with E-state index in [9.17, 15) is 4.79 Å². The lowest BCUT2D eigenvalue weighted by Gasteiger charge is -2.20. The summed E-state index contributed by atoms with van der Waals surface area (Å²) in [5.74, 6) is 1.34. The third-order valence-electron chi connectivity index (χ3n) is 4.61. The summed E-state index contributed by atoms with van der Waals surface area (Å²) in [4.78, 5) is 15.9. The number of amides is 1. The molecular weight excluding hydrogens is 304 g/mol. The van der Waals surface area contributed by atoms with Crippen molar-refractivity contribution in [3.8, 4) is 0 Å². The van der Waals surface area contributed by atoms with Crippen molar-refractivity contribution in [2.45, 2.75) is 57.9 Å². The van der Waals surface area contributed by atoms with Gasteiger partial charge in [-0.15, -0.1) is 0 Å². The van der Waals surface area contributed by atoms with Gasteiger partial charge in [-0.1, -0.05) is 11.6 Å². The summed E-state index contributed by atoms with van der Waals surface area (Å²) in [6.07, 6.45) is 10.6. The second kappa shape index (κ2) is 10.2. The van der Waals surface area contributed by atoms with Crippen LogP contribution in [0.1, 0.15) is 51.9 Å². The van der Waals surface area contributed by atoms with Crippen molar-refractivity contribution in [2.75, 3.05) is 26.7 Å². The molecule has 0 aromatic rings. The van der Waals surface area contributed by atoms with E-state index < -0.39 is 0 Å². The number of allylic oxidation sites excluding steroid dienone is 1. The van der Waals surface area contributed by atoms with Crippen molar-refractivity contribution in [3.05, 3.63) is 11.6 Å². The number of nitrogens with one attached hydrogen (secondary N) is 3. The maximum absolute atomic E-state index is 11.6. The Bertz CT molecular complexity index is 458. The number of hydrogen-bond donors (Lipinski definition) is 3. The number of hydrogen-bond acceptors (Lipinski definition) is 3. The Morgan fingerprint density at radius 3 is 2.83 bits per heavy atom. The average molecular weight is 336 g/mol. The smallest absolute Gasteiger partial charge is 0.407 e. The Balaban J connectivity index is 1.68. The summed E-state index contributed by atoms with van der Waals surface area (Å²) in [6, 6.07) is 0.101. The second-order valence-corrected chi connectivity index (χ2v) is 6.55. The third kappa shape index (κ3) is 6.81. The molecule has 0 aromatic carbocycles. The Kier molecular flexibility index (Phi) is 7.92. The molecule has 2 aliphatic rings. The van der Waals surface area contributed by atoms with E-state index >= 15 is 0 Å². The van der Waals surface area contributed by atoms with Crippen molar-refractivity contribution in [1.29, 1.82) is 0 Å². The highest BCUT2D eigenvalue weighted by Crippen LogP contribution is 2.32. The molecule has 1 fully saturated rings. The molecule has 2 rings (SSSR count). The molecule has 0 bridgehead atoms. The summed E-state index contributed by atoms with van der Waals surface area (Å²) in [7, 11) is 1.78. The molecule has 24 heavy (non-hydrogen) atoms. The number of nitrogens with zero attached hydrogens (tertiary/aromatic N) is 1. The van der Waals surface area contributed by atoms with Crippen LogP contribution >= 0.6 is 0 Å². The minimum absolute atomic E-state index is 0.101. The van der Waals surface area contributed by atoms with Crippen molar-refractivity contribution >= 4 is 12.1 Å². The van der Waals surface area contributed by atoms with Crippen LogP contribution in [-0.2, 0) is 4.74 Å². The minimum Gasteiger partial charge on any atom is -0.450 e. The molecule has 1 unspecified atom stereocenters. The molecule has 6 nitrogen and oxygen atoms in total.